The van der Waals surface area contributed by atoms with E-state index in [1.807, 2.05) is 0 Å². The molecule has 1 heterocycles. The maximum Gasteiger partial charge on any atom is 0.325 e. The average molecular weight is 263 g/mol. The lowest BCUT2D eigenvalue weighted by atomic mass is 9.96. The fourth-order valence-corrected chi connectivity index (χ4v) is 2.23. The standard InChI is InChI=1S/C13H17N3O3/c1-3-4-7-14-10(17)8-16-11(18)13(2,9-5-6-9)15-12(16)19/h9H,5-8H2,1-2H3,(H,14,17)(H,15,19). The van der Waals surface area contributed by atoms with Crippen molar-refractivity contribution < 1.29 is 14.4 Å². The van der Waals surface area contributed by atoms with E-state index >= 15 is 0 Å². The zero-order valence-electron chi connectivity index (χ0n) is 11.1. The van der Waals surface area contributed by atoms with E-state index in [4.69, 9.17) is 0 Å². The minimum Gasteiger partial charge on any atom is -0.344 e. The molecule has 0 aromatic rings. The zero-order chi connectivity index (χ0) is 14.0. The summed E-state index contributed by atoms with van der Waals surface area (Å²) in [6, 6.07) is -0.490. The van der Waals surface area contributed by atoms with Gasteiger partial charge in [0.15, 0.2) is 0 Å². The van der Waals surface area contributed by atoms with Crippen molar-refractivity contribution in [3.05, 3.63) is 0 Å². The molecular formula is C13H17N3O3. The van der Waals surface area contributed by atoms with Crippen molar-refractivity contribution in [2.24, 2.45) is 5.92 Å². The van der Waals surface area contributed by atoms with Gasteiger partial charge in [-0.3, -0.25) is 14.5 Å². The van der Waals surface area contributed by atoms with Gasteiger partial charge >= 0.3 is 6.03 Å². The van der Waals surface area contributed by atoms with Crippen LogP contribution in [0, 0.1) is 17.8 Å². The molecule has 2 aliphatic rings. The van der Waals surface area contributed by atoms with Crippen molar-refractivity contribution in [2.45, 2.75) is 32.2 Å². The maximum atomic E-state index is 12.2. The van der Waals surface area contributed by atoms with E-state index in [2.05, 4.69) is 22.5 Å². The van der Waals surface area contributed by atoms with Crippen LogP contribution >= 0.6 is 0 Å². The van der Waals surface area contributed by atoms with Gasteiger partial charge in [-0.25, -0.2) is 4.79 Å². The molecule has 2 N–H and O–H groups in total. The van der Waals surface area contributed by atoms with E-state index < -0.39 is 11.6 Å². The van der Waals surface area contributed by atoms with Crippen LogP contribution in [0.5, 0.6) is 0 Å². The quantitative estimate of drug-likeness (QED) is 0.547. The Hall–Kier alpha value is -2.03. The zero-order valence-corrected chi connectivity index (χ0v) is 11.1. The van der Waals surface area contributed by atoms with Crippen molar-refractivity contribution in [2.75, 3.05) is 13.1 Å². The maximum absolute atomic E-state index is 12.2. The molecule has 19 heavy (non-hydrogen) atoms. The average Bonchev–Trinajstić information content (AvgIpc) is 3.16. The summed E-state index contributed by atoms with van der Waals surface area (Å²) in [6.45, 7) is 3.37. The molecule has 0 radical (unpaired) electrons. The van der Waals surface area contributed by atoms with E-state index in [-0.39, 0.29) is 30.8 Å². The van der Waals surface area contributed by atoms with Gasteiger partial charge in [0.05, 0.1) is 6.54 Å². The normalized spacial score (nSPS) is 25.7. The molecule has 6 heteroatoms. The van der Waals surface area contributed by atoms with Gasteiger partial charge in [-0.15, -0.1) is 5.92 Å². The van der Waals surface area contributed by atoms with Crippen LogP contribution in [0.25, 0.3) is 0 Å². The third-order valence-corrected chi connectivity index (χ3v) is 3.55. The van der Waals surface area contributed by atoms with Crippen LogP contribution in [0.2, 0.25) is 0 Å². The predicted molar refractivity (Wildman–Crippen MR) is 67.8 cm³/mol. The largest absolute Gasteiger partial charge is 0.344 e. The Labute approximate surface area is 111 Å². The van der Waals surface area contributed by atoms with Gasteiger partial charge in [0.1, 0.15) is 12.1 Å². The van der Waals surface area contributed by atoms with Crippen LogP contribution < -0.4 is 10.6 Å². The lowest BCUT2D eigenvalue weighted by Crippen LogP contribution is -2.47. The Bertz CT molecular complexity index is 487. The summed E-state index contributed by atoms with van der Waals surface area (Å²) in [7, 11) is 0. The topological polar surface area (TPSA) is 78.5 Å². The predicted octanol–water partition coefficient (Wildman–Crippen LogP) is -0.154. The molecule has 0 bridgehead atoms. The molecule has 0 aromatic heterocycles. The number of carbonyl (C=O) groups is 3. The summed E-state index contributed by atoms with van der Waals surface area (Å²) in [5, 5.41) is 5.23. The molecule has 1 saturated heterocycles. The second-order valence-corrected chi connectivity index (χ2v) is 5.00. The summed E-state index contributed by atoms with van der Waals surface area (Å²) in [6.07, 6.45) is 1.88. The Kier molecular flexibility index (Phi) is 3.47. The Morgan fingerprint density at radius 2 is 2.21 bits per heavy atom. The van der Waals surface area contributed by atoms with Crippen molar-refractivity contribution >= 4 is 17.8 Å². The Balaban J connectivity index is 1.96. The van der Waals surface area contributed by atoms with Gasteiger partial charge < -0.3 is 10.6 Å². The highest BCUT2D eigenvalue weighted by Crippen LogP contribution is 2.42. The Morgan fingerprint density at radius 3 is 2.79 bits per heavy atom. The SMILES string of the molecule is CC#CCNC(=O)CN1C(=O)NC(C)(C2CC2)C1=O. The number of carbonyl (C=O) groups excluding carboxylic acids is 3. The number of nitrogens with zero attached hydrogens (tertiary/aromatic N) is 1. The monoisotopic (exact) mass is 263 g/mol. The van der Waals surface area contributed by atoms with Gasteiger partial charge in [0, 0.05) is 0 Å². The fourth-order valence-electron chi connectivity index (χ4n) is 2.23. The molecule has 1 atom stereocenters. The number of rotatable bonds is 4. The first kappa shape index (κ1) is 13.4. The highest BCUT2D eigenvalue weighted by Gasteiger charge is 2.56. The summed E-state index contributed by atoms with van der Waals surface area (Å²) in [5.74, 6) is 4.84. The number of hydrogen-bond donors (Lipinski definition) is 2. The number of imide groups is 1. The van der Waals surface area contributed by atoms with Gasteiger partial charge in [-0.1, -0.05) is 5.92 Å². The molecule has 1 unspecified atom stereocenters. The molecule has 4 amide bonds. The summed E-state index contributed by atoms with van der Waals surface area (Å²) < 4.78 is 0. The molecule has 6 nitrogen and oxygen atoms in total. The number of amides is 4. The van der Waals surface area contributed by atoms with Gasteiger partial charge in [0.25, 0.3) is 5.91 Å². The minimum atomic E-state index is -0.833. The first-order valence-electron chi connectivity index (χ1n) is 6.29. The van der Waals surface area contributed by atoms with Crippen molar-refractivity contribution in [1.29, 1.82) is 0 Å². The summed E-state index contributed by atoms with van der Waals surface area (Å²) >= 11 is 0. The summed E-state index contributed by atoms with van der Waals surface area (Å²) in [5.41, 5.74) is -0.833. The number of nitrogens with one attached hydrogen (secondary N) is 2. The van der Waals surface area contributed by atoms with Gasteiger partial charge in [0.2, 0.25) is 5.91 Å². The van der Waals surface area contributed by atoms with Crippen LogP contribution in [0.4, 0.5) is 4.79 Å². The lowest BCUT2D eigenvalue weighted by molar-refractivity contribution is -0.135. The van der Waals surface area contributed by atoms with Gasteiger partial charge in [-0.05, 0) is 32.6 Å². The third kappa shape index (κ3) is 2.55. The molecule has 0 aromatic carbocycles. The highest BCUT2D eigenvalue weighted by molar-refractivity contribution is 6.09. The van der Waals surface area contributed by atoms with Crippen molar-refractivity contribution in [1.82, 2.24) is 15.5 Å². The van der Waals surface area contributed by atoms with E-state index in [0.717, 1.165) is 17.7 Å². The van der Waals surface area contributed by atoms with Crippen LogP contribution in [-0.2, 0) is 9.59 Å². The molecule has 1 aliphatic carbocycles. The summed E-state index contributed by atoms with van der Waals surface area (Å²) in [4.78, 5) is 36.6. The molecular weight excluding hydrogens is 246 g/mol. The number of urea groups is 1. The molecule has 102 valence electrons. The second kappa shape index (κ2) is 4.92. The molecule has 1 saturated carbocycles. The van der Waals surface area contributed by atoms with E-state index in [1.165, 1.54) is 0 Å². The van der Waals surface area contributed by atoms with E-state index in [9.17, 15) is 14.4 Å². The van der Waals surface area contributed by atoms with Crippen molar-refractivity contribution in [3.8, 4) is 11.8 Å². The van der Waals surface area contributed by atoms with Gasteiger partial charge in [-0.2, -0.15) is 0 Å². The third-order valence-electron chi connectivity index (χ3n) is 3.55. The van der Waals surface area contributed by atoms with Crippen LogP contribution in [0.3, 0.4) is 0 Å². The fraction of sp³-hybridized carbons (Fsp3) is 0.615. The van der Waals surface area contributed by atoms with Crippen LogP contribution in [0.15, 0.2) is 0 Å². The van der Waals surface area contributed by atoms with E-state index in [1.54, 1.807) is 13.8 Å². The first-order chi connectivity index (χ1) is 8.99. The van der Waals surface area contributed by atoms with Crippen LogP contribution in [-0.4, -0.2) is 41.4 Å². The smallest absolute Gasteiger partial charge is 0.325 e. The molecule has 0 spiro atoms. The molecule has 2 rings (SSSR count). The lowest BCUT2D eigenvalue weighted by Gasteiger charge is -2.20. The molecule has 2 fully saturated rings. The second-order valence-electron chi connectivity index (χ2n) is 5.00. The first-order valence-corrected chi connectivity index (χ1v) is 6.29. The van der Waals surface area contributed by atoms with Crippen LogP contribution in [0.1, 0.15) is 26.7 Å². The molecule has 1 aliphatic heterocycles. The van der Waals surface area contributed by atoms with E-state index in [0.29, 0.717) is 0 Å². The minimum absolute atomic E-state index is 0.197. The Morgan fingerprint density at radius 1 is 1.53 bits per heavy atom. The highest BCUT2D eigenvalue weighted by atomic mass is 16.2. The van der Waals surface area contributed by atoms with Crippen molar-refractivity contribution in [3.63, 3.8) is 0 Å². The number of hydrogen-bond acceptors (Lipinski definition) is 3.